The summed E-state index contributed by atoms with van der Waals surface area (Å²) in [6.07, 6.45) is 0.247. The predicted molar refractivity (Wildman–Crippen MR) is 68.6 cm³/mol. The highest BCUT2D eigenvalue weighted by molar-refractivity contribution is 9.10. The van der Waals surface area contributed by atoms with E-state index < -0.39 is 5.97 Å². The van der Waals surface area contributed by atoms with E-state index in [0.29, 0.717) is 16.7 Å². The number of carbonyl (C=O) groups excluding carboxylic acids is 1. The van der Waals surface area contributed by atoms with Crippen molar-refractivity contribution in [3.63, 3.8) is 0 Å². The summed E-state index contributed by atoms with van der Waals surface area (Å²) in [7, 11) is 0. The minimum atomic E-state index is -1.08. The summed E-state index contributed by atoms with van der Waals surface area (Å²) >= 11 is 3.28. The topological polar surface area (TPSA) is 77.8 Å². The lowest BCUT2D eigenvalue weighted by atomic mass is 10.1. The molecule has 2 rings (SSSR count). The Balaban J connectivity index is 2.45. The number of amides is 1. The molecular weight excluding hydrogens is 302 g/mol. The van der Waals surface area contributed by atoms with Crippen LogP contribution in [0.1, 0.15) is 16.8 Å². The van der Waals surface area contributed by atoms with Crippen LogP contribution in [0.3, 0.4) is 0 Å². The molecule has 0 radical (unpaired) electrons. The molecule has 1 aliphatic rings. The van der Waals surface area contributed by atoms with Gasteiger partial charge in [0.1, 0.15) is 0 Å². The number of carboxylic acids is 1. The number of benzene rings is 1. The Hall–Kier alpha value is -1.40. The van der Waals surface area contributed by atoms with Gasteiger partial charge in [-0.15, -0.1) is 0 Å². The fourth-order valence-electron chi connectivity index (χ4n) is 2.08. The molecule has 2 N–H and O–H groups in total. The second-order valence-electron chi connectivity index (χ2n) is 4.20. The number of aliphatic hydroxyl groups excluding tert-OH is 1. The van der Waals surface area contributed by atoms with Crippen LogP contribution < -0.4 is 4.90 Å². The standard InChI is InChI=1S/C12H12BrNO4/c13-9-3-1-2-8(12(17)18)11(9)14-5-7(6-15)4-10(14)16/h1-3,7,15H,4-6H2,(H,17,18). The van der Waals surface area contributed by atoms with Crippen molar-refractivity contribution in [3.8, 4) is 0 Å². The summed E-state index contributed by atoms with van der Waals surface area (Å²) < 4.78 is 0.564. The van der Waals surface area contributed by atoms with E-state index in [-0.39, 0.29) is 30.4 Å². The molecule has 1 unspecified atom stereocenters. The number of carbonyl (C=O) groups is 2. The van der Waals surface area contributed by atoms with Crippen LogP contribution in [0.25, 0.3) is 0 Å². The number of halogens is 1. The second kappa shape index (κ2) is 5.07. The third-order valence-corrected chi connectivity index (χ3v) is 3.59. The minimum absolute atomic E-state index is 0.0743. The van der Waals surface area contributed by atoms with Crippen molar-refractivity contribution in [2.75, 3.05) is 18.1 Å². The lowest BCUT2D eigenvalue weighted by Gasteiger charge is -2.20. The van der Waals surface area contributed by atoms with E-state index in [2.05, 4.69) is 15.9 Å². The Morgan fingerprint density at radius 3 is 2.78 bits per heavy atom. The molecule has 1 aromatic carbocycles. The van der Waals surface area contributed by atoms with Gasteiger partial charge in [0.2, 0.25) is 5.91 Å². The number of aromatic carboxylic acids is 1. The van der Waals surface area contributed by atoms with Gasteiger partial charge in [-0.2, -0.15) is 0 Å². The number of hydrogen-bond donors (Lipinski definition) is 2. The van der Waals surface area contributed by atoms with Gasteiger partial charge in [-0.05, 0) is 28.1 Å². The van der Waals surface area contributed by atoms with Gasteiger partial charge in [0.05, 0.1) is 11.3 Å². The highest BCUT2D eigenvalue weighted by Gasteiger charge is 2.33. The molecule has 0 aromatic heterocycles. The number of aliphatic hydroxyl groups is 1. The molecule has 1 saturated heterocycles. The molecular formula is C12H12BrNO4. The Labute approximate surface area is 112 Å². The molecule has 1 aliphatic heterocycles. The zero-order chi connectivity index (χ0) is 13.3. The molecule has 1 amide bonds. The van der Waals surface area contributed by atoms with Crippen molar-refractivity contribution in [2.24, 2.45) is 5.92 Å². The zero-order valence-corrected chi connectivity index (χ0v) is 11.1. The van der Waals surface area contributed by atoms with Gasteiger partial charge in [0.25, 0.3) is 0 Å². The molecule has 1 aromatic rings. The summed E-state index contributed by atoms with van der Waals surface area (Å²) in [6, 6.07) is 4.77. The number of nitrogens with zero attached hydrogens (tertiary/aromatic N) is 1. The van der Waals surface area contributed by atoms with E-state index in [1.807, 2.05) is 0 Å². The first-order valence-electron chi connectivity index (χ1n) is 5.47. The van der Waals surface area contributed by atoms with E-state index in [1.54, 1.807) is 12.1 Å². The average Bonchev–Trinajstić information content (AvgIpc) is 2.70. The van der Waals surface area contributed by atoms with E-state index in [1.165, 1.54) is 11.0 Å². The molecule has 0 aliphatic carbocycles. The van der Waals surface area contributed by atoms with E-state index in [0.717, 1.165) is 0 Å². The Morgan fingerprint density at radius 1 is 1.50 bits per heavy atom. The van der Waals surface area contributed by atoms with Crippen LogP contribution >= 0.6 is 15.9 Å². The first kappa shape index (κ1) is 13.0. The van der Waals surface area contributed by atoms with E-state index in [9.17, 15) is 9.59 Å². The highest BCUT2D eigenvalue weighted by atomic mass is 79.9. The van der Waals surface area contributed by atoms with Crippen molar-refractivity contribution in [3.05, 3.63) is 28.2 Å². The zero-order valence-electron chi connectivity index (χ0n) is 9.47. The molecule has 0 spiro atoms. The van der Waals surface area contributed by atoms with Gasteiger partial charge in [-0.3, -0.25) is 4.79 Å². The quantitative estimate of drug-likeness (QED) is 0.886. The molecule has 6 heteroatoms. The molecule has 0 saturated carbocycles. The lowest BCUT2D eigenvalue weighted by molar-refractivity contribution is -0.117. The summed E-state index contributed by atoms with van der Waals surface area (Å²) in [5, 5.41) is 18.2. The minimum Gasteiger partial charge on any atom is -0.478 e. The fraction of sp³-hybridized carbons (Fsp3) is 0.333. The molecule has 18 heavy (non-hydrogen) atoms. The van der Waals surface area contributed by atoms with Crippen LogP contribution in [0.2, 0.25) is 0 Å². The first-order chi connectivity index (χ1) is 8.54. The van der Waals surface area contributed by atoms with Crippen molar-refractivity contribution in [1.29, 1.82) is 0 Å². The van der Waals surface area contributed by atoms with Crippen molar-refractivity contribution in [1.82, 2.24) is 0 Å². The van der Waals surface area contributed by atoms with Crippen molar-refractivity contribution >= 4 is 33.5 Å². The van der Waals surface area contributed by atoms with Gasteiger partial charge in [-0.1, -0.05) is 6.07 Å². The maximum Gasteiger partial charge on any atom is 0.337 e. The molecule has 0 bridgehead atoms. The lowest BCUT2D eigenvalue weighted by Crippen LogP contribution is -2.27. The van der Waals surface area contributed by atoms with Crippen LogP contribution in [0.4, 0.5) is 5.69 Å². The smallest absolute Gasteiger partial charge is 0.337 e. The van der Waals surface area contributed by atoms with E-state index >= 15 is 0 Å². The molecule has 1 atom stereocenters. The predicted octanol–water partition coefficient (Wildman–Crippen LogP) is 1.49. The van der Waals surface area contributed by atoms with Gasteiger partial charge < -0.3 is 15.1 Å². The largest absolute Gasteiger partial charge is 0.478 e. The molecule has 1 heterocycles. The van der Waals surface area contributed by atoms with Crippen LogP contribution in [0.15, 0.2) is 22.7 Å². The maximum absolute atomic E-state index is 11.9. The Morgan fingerprint density at radius 2 is 2.22 bits per heavy atom. The first-order valence-corrected chi connectivity index (χ1v) is 6.27. The van der Waals surface area contributed by atoms with Crippen LogP contribution in [-0.4, -0.2) is 35.2 Å². The van der Waals surface area contributed by atoms with Crippen molar-refractivity contribution < 1.29 is 19.8 Å². The monoisotopic (exact) mass is 313 g/mol. The number of carboxylic acid groups (broad SMARTS) is 1. The van der Waals surface area contributed by atoms with Crippen LogP contribution in [0, 0.1) is 5.92 Å². The van der Waals surface area contributed by atoms with Gasteiger partial charge in [0.15, 0.2) is 0 Å². The maximum atomic E-state index is 11.9. The number of rotatable bonds is 3. The molecule has 96 valence electrons. The van der Waals surface area contributed by atoms with Gasteiger partial charge in [0, 0.05) is 30.0 Å². The number of para-hydroxylation sites is 1. The summed E-state index contributed by atoms with van der Waals surface area (Å²) in [6.45, 7) is 0.271. The third kappa shape index (κ3) is 2.26. The Bertz CT molecular complexity index is 503. The number of anilines is 1. The fourth-order valence-corrected chi connectivity index (χ4v) is 2.66. The second-order valence-corrected chi connectivity index (χ2v) is 5.05. The van der Waals surface area contributed by atoms with Gasteiger partial charge in [-0.25, -0.2) is 4.79 Å². The number of hydrogen-bond acceptors (Lipinski definition) is 3. The van der Waals surface area contributed by atoms with Crippen molar-refractivity contribution in [2.45, 2.75) is 6.42 Å². The summed E-state index contributed by atoms with van der Waals surface area (Å²) in [5.74, 6) is -1.37. The molecule has 5 nitrogen and oxygen atoms in total. The van der Waals surface area contributed by atoms with Gasteiger partial charge >= 0.3 is 5.97 Å². The summed E-state index contributed by atoms with van der Waals surface area (Å²) in [4.78, 5) is 24.5. The normalized spacial score (nSPS) is 19.3. The third-order valence-electron chi connectivity index (χ3n) is 2.95. The average molecular weight is 314 g/mol. The van der Waals surface area contributed by atoms with Crippen LogP contribution in [0.5, 0.6) is 0 Å². The van der Waals surface area contributed by atoms with E-state index in [4.69, 9.17) is 10.2 Å². The Kier molecular flexibility index (Phi) is 3.68. The van der Waals surface area contributed by atoms with Crippen LogP contribution in [-0.2, 0) is 4.79 Å². The molecule has 1 fully saturated rings. The SMILES string of the molecule is O=C(O)c1cccc(Br)c1N1CC(CO)CC1=O. The highest BCUT2D eigenvalue weighted by Crippen LogP contribution is 2.34. The summed E-state index contributed by atoms with van der Waals surface area (Å²) in [5.41, 5.74) is 0.447.